The Labute approximate surface area is 198 Å². The zero-order chi connectivity index (χ0) is 23.3. The summed E-state index contributed by atoms with van der Waals surface area (Å²) in [5.41, 5.74) is 1.57. The summed E-state index contributed by atoms with van der Waals surface area (Å²) in [6.07, 6.45) is 0.724. The van der Waals surface area contributed by atoms with E-state index in [1.54, 1.807) is 25.1 Å². The normalized spacial score (nSPS) is 13.6. The minimum absolute atomic E-state index is 0.0384. The Bertz CT molecular complexity index is 960. The van der Waals surface area contributed by atoms with Crippen LogP contribution in [0.2, 0.25) is 10.0 Å². The van der Waals surface area contributed by atoms with Crippen molar-refractivity contribution >= 4 is 35.0 Å². The molecule has 6 nitrogen and oxygen atoms in total. The van der Waals surface area contributed by atoms with E-state index in [2.05, 4.69) is 5.32 Å². The lowest BCUT2D eigenvalue weighted by molar-refractivity contribution is -0.140. The van der Waals surface area contributed by atoms with Crippen LogP contribution in [0.4, 0.5) is 0 Å². The molecule has 0 bridgehead atoms. The standard InChI is InChI=1S/C24H28Cl2N2O4/c1-15(2)27-24(30)16(3)28(14-18-19(25)5-4-6-20(18)26)23(29)10-8-17-7-9-21-22(13-17)32-12-11-31-21/h4-7,9,13,15-16H,8,10-12,14H2,1-3H3,(H,27,30)/t16-/m1/s1. The van der Waals surface area contributed by atoms with Gasteiger partial charge >= 0.3 is 0 Å². The molecule has 172 valence electrons. The van der Waals surface area contributed by atoms with Gasteiger partial charge in [0.2, 0.25) is 11.8 Å². The first-order valence-electron chi connectivity index (χ1n) is 10.7. The maximum absolute atomic E-state index is 13.3. The lowest BCUT2D eigenvalue weighted by Crippen LogP contribution is -2.49. The monoisotopic (exact) mass is 478 g/mol. The Morgan fingerprint density at radius 2 is 1.69 bits per heavy atom. The van der Waals surface area contributed by atoms with Crippen molar-refractivity contribution in [1.82, 2.24) is 10.2 Å². The number of rotatable bonds is 8. The third kappa shape index (κ3) is 6.08. The molecule has 2 aromatic carbocycles. The van der Waals surface area contributed by atoms with Crippen molar-refractivity contribution in [3.8, 4) is 11.5 Å². The van der Waals surface area contributed by atoms with E-state index in [1.807, 2.05) is 32.0 Å². The lowest BCUT2D eigenvalue weighted by Gasteiger charge is -2.30. The predicted molar refractivity (Wildman–Crippen MR) is 126 cm³/mol. The Morgan fingerprint density at radius 1 is 1.03 bits per heavy atom. The van der Waals surface area contributed by atoms with Crippen LogP contribution in [0, 0.1) is 0 Å². The zero-order valence-electron chi connectivity index (χ0n) is 18.5. The van der Waals surface area contributed by atoms with Gasteiger partial charge in [0.25, 0.3) is 0 Å². The molecule has 1 N–H and O–H groups in total. The smallest absolute Gasteiger partial charge is 0.242 e. The number of fused-ring (bicyclic) bond motifs is 1. The van der Waals surface area contributed by atoms with E-state index in [9.17, 15) is 9.59 Å². The number of carbonyl (C=O) groups excluding carboxylic acids is 2. The van der Waals surface area contributed by atoms with Crippen molar-refractivity contribution in [2.24, 2.45) is 0 Å². The minimum atomic E-state index is -0.683. The van der Waals surface area contributed by atoms with Gasteiger partial charge in [0, 0.05) is 34.6 Å². The van der Waals surface area contributed by atoms with Crippen LogP contribution in [0.25, 0.3) is 0 Å². The van der Waals surface area contributed by atoms with Crippen molar-refractivity contribution < 1.29 is 19.1 Å². The second-order valence-electron chi connectivity index (χ2n) is 8.04. The lowest BCUT2D eigenvalue weighted by atomic mass is 10.1. The van der Waals surface area contributed by atoms with E-state index >= 15 is 0 Å². The fraction of sp³-hybridized carbons (Fsp3) is 0.417. The van der Waals surface area contributed by atoms with Crippen LogP contribution in [-0.4, -0.2) is 42.0 Å². The molecule has 1 heterocycles. The van der Waals surface area contributed by atoms with Crippen LogP contribution in [0.5, 0.6) is 11.5 Å². The molecule has 0 saturated heterocycles. The summed E-state index contributed by atoms with van der Waals surface area (Å²) < 4.78 is 11.2. The van der Waals surface area contributed by atoms with Crippen molar-refractivity contribution in [1.29, 1.82) is 0 Å². The molecule has 3 rings (SSSR count). The summed E-state index contributed by atoms with van der Waals surface area (Å²) in [4.78, 5) is 27.5. The van der Waals surface area contributed by atoms with Crippen molar-refractivity contribution in [3.05, 3.63) is 57.6 Å². The maximum Gasteiger partial charge on any atom is 0.242 e. The highest BCUT2D eigenvalue weighted by Gasteiger charge is 2.27. The topological polar surface area (TPSA) is 67.9 Å². The third-order valence-corrected chi connectivity index (χ3v) is 5.93. The number of hydrogen-bond acceptors (Lipinski definition) is 4. The maximum atomic E-state index is 13.3. The highest BCUT2D eigenvalue weighted by atomic mass is 35.5. The summed E-state index contributed by atoms with van der Waals surface area (Å²) in [7, 11) is 0. The number of halogens is 2. The van der Waals surface area contributed by atoms with Gasteiger partial charge in [0.1, 0.15) is 19.3 Å². The van der Waals surface area contributed by atoms with Crippen molar-refractivity contribution in [2.75, 3.05) is 13.2 Å². The van der Waals surface area contributed by atoms with Crippen molar-refractivity contribution in [2.45, 2.75) is 52.2 Å². The number of amides is 2. The molecule has 0 radical (unpaired) electrons. The average Bonchev–Trinajstić information content (AvgIpc) is 2.76. The highest BCUT2D eigenvalue weighted by Crippen LogP contribution is 2.31. The van der Waals surface area contributed by atoms with Crippen LogP contribution in [-0.2, 0) is 22.6 Å². The molecule has 0 spiro atoms. The number of carbonyl (C=O) groups is 2. The van der Waals surface area contributed by atoms with Gasteiger partial charge in [-0.15, -0.1) is 0 Å². The van der Waals surface area contributed by atoms with Gasteiger partial charge in [-0.05, 0) is 57.0 Å². The second-order valence-corrected chi connectivity index (χ2v) is 8.85. The van der Waals surface area contributed by atoms with E-state index < -0.39 is 6.04 Å². The Morgan fingerprint density at radius 3 is 2.34 bits per heavy atom. The van der Waals surface area contributed by atoms with E-state index in [0.29, 0.717) is 46.7 Å². The van der Waals surface area contributed by atoms with Gasteiger partial charge in [0.15, 0.2) is 11.5 Å². The molecule has 1 aliphatic heterocycles. The summed E-state index contributed by atoms with van der Waals surface area (Å²) in [6.45, 7) is 6.65. The van der Waals surface area contributed by atoms with Crippen molar-refractivity contribution in [3.63, 3.8) is 0 Å². The highest BCUT2D eigenvalue weighted by molar-refractivity contribution is 6.36. The molecule has 1 atom stereocenters. The Kier molecular flexibility index (Phi) is 8.26. The summed E-state index contributed by atoms with van der Waals surface area (Å²) in [5, 5.41) is 3.79. The number of hydrogen-bond donors (Lipinski definition) is 1. The SMILES string of the molecule is CC(C)NC(=O)[C@@H](C)N(Cc1c(Cl)cccc1Cl)C(=O)CCc1ccc2c(c1)OCCO2. The molecule has 2 amide bonds. The molecule has 32 heavy (non-hydrogen) atoms. The van der Waals surface area contributed by atoms with Crippen LogP contribution in [0.3, 0.4) is 0 Å². The van der Waals surface area contributed by atoms with Gasteiger partial charge in [0.05, 0.1) is 0 Å². The fourth-order valence-electron chi connectivity index (χ4n) is 3.48. The van der Waals surface area contributed by atoms with Gasteiger partial charge < -0.3 is 19.7 Å². The number of nitrogens with one attached hydrogen (secondary N) is 1. The summed E-state index contributed by atoms with van der Waals surface area (Å²) in [5.74, 6) is 1.00. The van der Waals surface area contributed by atoms with E-state index in [-0.39, 0.29) is 30.8 Å². The first-order valence-corrected chi connectivity index (χ1v) is 11.4. The van der Waals surface area contributed by atoms with Crippen LogP contribution in [0.15, 0.2) is 36.4 Å². The largest absolute Gasteiger partial charge is 0.486 e. The molecule has 2 aromatic rings. The Balaban J connectivity index is 1.77. The molecule has 1 aliphatic rings. The van der Waals surface area contributed by atoms with Crippen LogP contribution in [0.1, 0.15) is 38.3 Å². The number of nitrogens with zero attached hydrogens (tertiary/aromatic N) is 1. The molecule has 0 aromatic heterocycles. The first-order chi connectivity index (χ1) is 15.3. The third-order valence-electron chi connectivity index (χ3n) is 5.22. The molecule has 8 heteroatoms. The molecule has 0 aliphatic carbocycles. The minimum Gasteiger partial charge on any atom is -0.486 e. The summed E-state index contributed by atoms with van der Waals surface area (Å²) >= 11 is 12.7. The van der Waals surface area contributed by atoms with Gasteiger partial charge in [-0.2, -0.15) is 0 Å². The number of aryl methyl sites for hydroxylation is 1. The number of benzene rings is 2. The average molecular weight is 479 g/mol. The van der Waals surface area contributed by atoms with Crippen LogP contribution < -0.4 is 14.8 Å². The first kappa shape index (κ1) is 24.2. The molecular weight excluding hydrogens is 451 g/mol. The quantitative estimate of drug-likeness (QED) is 0.599. The number of ether oxygens (including phenoxy) is 2. The molecular formula is C24H28Cl2N2O4. The van der Waals surface area contributed by atoms with E-state index in [1.165, 1.54) is 4.90 Å². The van der Waals surface area contributed by atoms with Gasteiger partial charge in [-0.25, -0.2) is 0 Å². The van der Waals surface area contributed by atoms with Gasteiger partial charge in [-0.1, -0.05) is 35.3 Å². The Hall–Kier alpha value is -2.44. The van der Waals surface area contributed by atoms with E-state index in [4.69, 9.17) is 32.7 Å². The summed E-state index contributed by atoms with van der Waals surface area (Å²) in [6, 6.07) is 10.1. The predicted octanol–water partition coefficient (Wildman–Crippen LogP) is 4.64. The molecule has 0 unspecified atom stereocenters. The fourth-order valence-corrected chi connectivity index (χ4v) is 4.00. The van der Waals surface area contributed by atoms with Crippen LogP contribution >= 0.6 is 23.2 Å². The molecule has 0 saturated carbocycles. The van der Waals surface area contributed by atoms with E-state index in [0.717, 1.165) is 5.56 Å². The second kappa shape index (κ2) is 10.9. The van der Waals surface area contributed by atoms with Gasteiger partial charge in [-0.3, -0.25) is 9.59 Å². The zero-order valence-corrected chi connectivity index (χ0v) is 20.0. The molecule has 0 fully saturated rings.